The van der Waals surface area contributed by atoms with Crippen molar-refractivity contribution in [2.75, 3.05) is 6.54 Å². The topological polar surface area (TPSA) is 137 Å². The van der Waals surface area contributed by atoms with Gasteiger partial charge >= 0.3 is 11.9 Å². The molecule has 1 amide bonds. The Morgan fingerprint density at radius 3 is 2.80 bits per heavy atom. The predicted molar refractivity (Wildman–Crippen MR) is 124 cm³/mol. The van der Waals surface area contributed by atoms with Crippen LogP contribution < -0.4 is 10.9 Å². The predicted octanol–water partition coefficient (Wildman–Crippen LogP) is 1.64. The van der Waals surface area contributed by atoms with Gasteiger partial charge in [-0.15, -0.1) is 0 Å². The number of aryl methyl sites for hydroxylation is 1. The van der Waals surface area contributed by atoms with Crippen LogP contribution in [0.3, 0.4) is 0 Å². The summed E-state index contributed by atoms with van der Waals surface area (Å²) in [6.07, 6.45) is 1.05. The van der Waals surface area contributed by atoms with Crippen LogP contribution in [0.2, 0.25) is 0 Å². The molecule has 10 nitrogen and oxygen atoms in total. The van der Waals surface area contributed by atoms with Gasteiger partial charge in [-0.25, -0.2) is 9.78 Å². The van der Waals surface area contributed by atoms with Gasteiger partial charge < -0.3 is 24.5 Å². The molecule has 2 N–H and O–H groups in total. The number of carbonyl (C=O) groups is 3. The van der Waals surface area contributed by atoms with Gasteiger partial charge in [-0.3, -0.25) is 14.4 Å². The number of pyridine rings is 2. The number of phenolic OH excluding ortho intramolecular Hbond substituents is 1. The standard InChI is InChI=1S/C25H23N3O7/c1-3-14-15-7-13(30)5-6-19(15)27-22-16(14)10-28-20(22)8-18-17(23(28)32)11-34-24(33)25(18,4-2)35-21(31)9-26-12-29/h5-8,12,30H,3-4,9-11H2,1-2H3,(H,26,29)/t25-/m0/s1. The number of aromatic nitrogens is 2. The molecule has 0 aliphatic carbocycles. The fourth-order valence-corrected chi connectivity index (χ4v) is 5.07. The summed E-state index contributed by atoms with van der Waals surface area (Å²) < 4.78 is 12.4. The normalized spacial score (nSPS) is 17.8. The fraction of sp³-hybridized carbons (Fsp3) is 0.320. The van der Waals surface area contributed by atoms with Crippen LogP contribution in [0, 0.1) is 0 Å². The van der Waals surface area contributed by atoms with Crippen LogP contribution in [-0.2, 0) is 49.0 Å². The van der Waals surface area contributed by atoms with Crippen LogP contribution >= 0.6 is 0 Å². The first-order valence-electron chi connectivity index (χ1n) is 11.3. The molecule has 0 bridgehead atoms. The number of nitrogens with one attached hydrogen (secondary N) is 1. The van der Waals surface area contributed by atoms with E-state index in [0.717, 1.165) is 16.5 Å². The molecule has 35 heavy (non-hydrogen) atoms. The first-order valence-corrected chi connectivity index (χ1v) is 11.3. The molecule has 2 aromatic heterocycles. The van der Waals surface area contributed by atoms with E-state index in [1.807, 2.05) is 6.92 Å². The third-order valence-electron chi connectivity index (χ3n) is 6.73. The van der Waals surface area contributed by atoms with Crippen molar-refractivity contribution in [3.8, 4) is 17.1 Å². The van der Waals surface area contributed by atoms with Crippen LogP contribution in [0.25, 0.3) is 22.3 Å². The summed E-state index contributed by atoms with van der Waals surface area (Å²) in [4.78, 5) is 54.3. The summed E-state index contributed by atoms with van der Waals surface area (Å²) in [7, 11) is 0. The average Bonchev–Trinajstić information content (AvgIpc) is 3.21. The molecule has 2 aliphatic heterocycles. The molecule has 4 heterocycles. The summed E-state index contributed by atoms with van der Waals surface area (Å²) in [5.41, 5.74) is 1.98. The van der Waals surface area contributed by atoms with Gasteiger partial charge in [-0.1, -0.05) is 13.8 Å². The van der Waals surface area contributed by atoms with Gasteiger partial charge in [-0.05, 0) is 42.7 Å². The van der Waals surface area contributed by atoms with Crippen LogP contribution in [0.15, 0.2) is 29.1 Å². The van der Waals surface area contributed by atoms with Gasteiger partial charge in [0.05, 0.1) is 29.0 Å². The minimum atomic E-state index is -1.82. The lowest BCUT2D eigenvalue weighted by molar-refractivity contribution is -0.189. The molecule has 0 fully saturated rings. The van der Waals surface area contributed by atoms with Crippen molar-refractivity contribution in [1.82, 2.24) is 14.9 Å². The zero-order valence-electron chi connectivity index (χ0n) is 19.2. The van der Waals surface area contributed by atoms with E-state index < -0.39 is 24.1 Å². The molecule has 0 unspecified atom stereocenters. The number of carbonyl (C=O) groups excluding carboxylic acids is 3. The van der Waals surface area contributed by atoms with Gasteiger partial charge in [0, 0.05) is 16.5 Å². The minimum Gasteiger partial charge on any atom is -0.508 e. The fourth-order valence-electron chi connectivity index (χ4n) is 5.07. The van der Waals surface area contributed by atoms with Crippen molar-refractivity contribution in [2.24, 2.45) is 0 Å². The number of phenols is 1. The second-order valence-electron chi connectivity index (χ2n) is 8.52. The number of nitrogens with zero attached hydrogens (tertiary/aromatic N) is 2. The Balaban J connectivity index is 1.73. The third-order valence-corrected chi connectivity index (χ3v) is 6.73. The highest BCUT2D eigenvalue weighted by molar-refractivity contribution is 5.90. The lowest BCUT2D eigenvalue weighted by atomic mass is 9.85. The van der Waals surface area contributed by atoms with E-state index in [1.54, 1.807) is 35.8 Å². The number of rotatable bonds is 6. The van der Waals surface area contributed by atoms with Gasteiger partial charge in [0.15, 0.2) is 0 Å². The largest absolute Gasteiger partial charge is 0.508 e. The van der Waals surface area contributed by atoms with E-state index in [-0.39, 0.29) is 42.0 Å². The van der Waals surface area contributed by atoms with Crippen molar-refractivity contribution in [1.29, 1.82) is 0 Å². The molecular formula is C25H23N3O7. The van der Waals surface area contributed by atoms with Crippen LogP contribution in [0.1, 0.15) is 42.5 Å². The maximum absolute atomic E-state index is 13.6. The second kappa shape index (κ2) is 8.23. The monoisotopic (exact) mass is 477 g/mol. The number of amides is 1. The van der Waals surface area contributed by atoms with Gasteiger partial charge in [0.1, 0.15) is 18.9 Å². The Hall–Kier alpha value is -4.21. The smallest absolute Gasteiger partial charge is 0.355 e. The van der Waals surface area contributed by atoms with Crippen LogP contribution in [-0.4, -0.2) is 39.6 Å². The van der Waals surface area contributed by atoms with E-state index in [4.69, 9.17) is 14.5 Å². The Bertz CT molecular complexity index is 1480. The molecule has 10 heteroatoms. The van der Waals surface area contributed by atoms with E-state index in [9.17, 15) is 24.3 Å². The number of cyclic esters (lactones) is 1. The Labute approximate surface area is 199 Å². The number of fused-ring (bicyclic) bond motifs is 5. The quantitative estimate of drug-likeness (QED) is 0.316. The molecule has 180 valence electrons. The first-order chi connectivity index (χ1) is 16.8. The number of ether oxygens (including phenoxy) is 2. The summed E-state index contributed by atoms with van der Waals surface area (Å²) >= 11 is 0. The van der Waals surface area contributed by atoms with Crippen molar-refractivity contribution in [3.63, 3.8) is 0 Å². The molecule has 0 spiro atoms. The first kappa shape index (κ1) is 22.6. The zero-order chi connectivity index (χ0) is 24.9. The van der Waals surface area contributed by atoms with Crippen LogP contribution in [0.4, 0.5) is 0 Å². The Morgan fingerprint density at radius 1 is 1.29 bits per heavy atom. The van der Waals surface area contributed by atoms with Gasteiger partial charge in [-0.2, -0.15) is 0 Å². The highest BCUT2D eigenvalue weighted by Gasteiger charge is 2.50. The molecule has 0 radical (unpaired) electrons. The maximum atomic E-state index is 13.6. The SMILES string of the molecule is CCc1c2c(nc3ccc(O)cc13)-c1cc3c(c(=O)n1C2)COC(=O)[C@@]3(CC)OC(=O)CNC=O. The van der Waals surface area contributed by atoms with Crippen molar-refractivity contribution >= 4 is 29.3 Å². The Morgan fingerprint density at radius 2 is 2.09 bits per heavy atom. The average molecular weight is 477 g/mol. The summed E-state index contributed by atoms with van der Waals surface area (Å²) in [5, 5.41) is 13.0. The molecule has 2 aliphatic rings. The summed E-state index contributed by atoms with van der Waals surface area (Å²) in [6, 6.07) is 6.63. The Kier molecular flexibility index (Phi) is 5.31. The lowest BCUT2D eigenvalue weighted by Gasteiger charge is -2.35. The van der Waals surface area contributed by atoms with E-state index in [2.05, 4.69) is 5.32 Å². The van der Waals surface area contributed by atoms with Gasteiger partial charge in [0.25, 0.3) is 5.56 Å². The summed E-state index contributed by atoms with van der Waals surface area (Å²) in [6.45, 7) is 3.27. The number of benzene rings is 1. The van der Waals surface area contributed by atoms with Crippen molar-refractivity contribution in [3.05, 3.63) is 56.9 Å². The minimum absolute atomic E-state index is 0.0338. The summed E-state index contributed by atoms with van der Waals surface area (Å²) in [5.74, 6) is -1.47. The molecular weight excluding hydrogens is 454 g/mol. The number of hydrogen-bond acceptors (Lipinski definition) is 8. The zero-order valence-corrected chi connectivity index (χ0v) is 19.2. The highest BCUT2D eigenvalue weighted by atomic mass is 16.6. The molecule has 1 aromatic carbocycles. The molecule has 1 atom stereocenters. The molecule has 0 saturated heterocycles. The third kappa shape index (κ3) is 3.28. The van der Waals surface area contributed by atoms with E-state index in [1.165, 1.54) is 0 Å². The number of aromatic hydroxyl groups is 1. The van der Waals surface area contributed by atoms with Crippen molar-refractivity contribution < 1.29 is 29.0 Å². The van der Waals surface area contributed by atoms with E-state index in [0.29, 0.717) is 29.7 Å². The van der Waals surface area contributed by atoms with Crippen LogP contribution in [0.5, 0.6) is 5.75 Å². The maximum Gasteiger partial charge on any atom is 0.355 e. The number of hydrogen-bond donors (Lipinski definition) is 2. The molecule has 5 rings (SSSR count). The van der Waals surface area contributed by atoms with Gasteiger partial charge in [0.2, 0.25) is 12.0 Å². The second-order valence-corrected chi connectivity index (χ2v) is 8.52. The van der Waals surface area contributed by atoms with Crippen molar-refractivity contribution in [2.45, 2.75) is 45.4 Å². The molecule has 3 aromatic rings. The van der Waals surface area contributed by atoms with E-state index >= 15 is 0 Å². The number of esters is 2. The highest BCUT2D eigenvalue weighted by Crippen LogP contribution is 2.42. The lowest BCUT2D eigenvalue weighted by Crippen LogP contribution is -2.48. The molecule has 0 saturated carbocycles.